The van der Waals surface area contributed by atoms with E-state index in [1.165, 1.54) is 0 Å². The average molecular weight is 213 g/mol. The Labute approximate surface area is 90.6 Å². The van der Waals surface area contributed by atoms with Crippen molar-refractivity contribution in [1.82, 2.24) is 11.0 Å². The maximum absolute atomic E-state index is 8.07. The molecular weight excluding hydrogens is 182 g/mol. The molecule has 0 amide bonds. The van der Waals surface area contributed by atoms with Crippen LogP contribution in [0.5, 0.6) is 0 Å². The normalized spacial score (nSPS) is 8.57. The van der Waals surface area contributed by atoms with Crippen LogP contribution in [-0.2, 0) is 0 Å². The van der Waals surface area contributed by atoms with Gasteiger partial charge in [0.2, 0.25) is 0 Å². The molecule has 0 bridgehead atoms. The second-order valence-electron chi connectivity index (χ2n) is 2.79. The van der Waals surface area contributed by atoms with Crippen molar-refractivity contribution in [2.45, 2.75) is 34.1 Å². The number of hydrogen-bond acceptors (Lipinski definition) is 5. The maximum Gasteiger partial charge on any atom is 0.0330 e. The summed E-state index contributed by atoms with van der Waals surface area (Å²) in [5.41, 5.74) is 8.91. The van der Waals surface area contributed by atoms with Gasteiger partial charge in [-0.1, -0.05) is 27.7 Å². The second-order valence-corrected chi connectivity index (χ2v) is 2.79. The fourth-order valence-corrected chi connectivity index (χ4v) is 0.418. The molecule has 0 aromatic carbocycles. The third kappa shape index (κ3) is 40.9. The van der Waals surface area contributed by atoms with Crippen molar-refractivity contribution < 1.29 is 13.3 Å². The lowest BCUT2D eigenvalue weighted by molar-refractivity contribution is 0.161. The van der Waals surface area contributed by atoms with Gasteiger partial charge < -0.3 is 16.1 Å². The van der Waals surface area contributed by atoms with Crippen molar-refractivity contribution in [2.75, 3.05) is 19.6 Å². The van der Waals surface area contributed by atoms with Crippen LogP contribution in [0.1, 0.15) is 37.0 Å². The second kappa shape index (κ2) is 23.0. The summed E-state index contributed by atoms with van der Waals surface area (Å²) in [5, 5.41) is 15.8. The molecule has 0 unspecified atom stereocenters. The van der Waals surface area contributed by atoms with Crippen molar-refractivity contribution in [3.05, 3.63) is 0 Å². The Morgan fingerprint density at radius 2 is 1.57 bits per heavy atom. The van der Waals surface area contributed by atoms with Gasteiger partial charge in [-0.3, -0.25) is 0 Å². The smallest absolute Gasteiger partial charge is 0.0330 e. The number of hydroxylamine groups is 2. The van der Waals surface area contributed by atoms with Crippen molar-refractivity contribution in [3.63, 3.8) is 0 Å². The van der Waals surface area contributed by atoms with Crippen molar-refractivity contribution >= 4 is 0 Å². The zero-order valence-corrected chi connectivity index (χ0v) is 9.88. The monoisotopic (exact) mass is 213 g/mol. The van der Waals surface area contributed by atoms with Gasteiger partial charge in [-0.15, -0.1) is 0 Å². The van der Waals surface area contributed by atoms with Crippen molar-refractivity contribution in [3.8, 4) is 0 Å². The van der Waals surface area contributed by atoms with Crippen LogP contribution in [0, 0.1) is 5.92 Å². The summed E-state index contributed by atoms with van der Waals surface area (Å²) in [7, 11) is 0. The molecule has 0 aliphatic carbocycles. The van der Waals surface area contributed by atoms with E-state index in [1.54, 1.807) is 0 Å². The molecule has 0 spiro atoms. The molecule has 0 heterocycles. The van der Waals surface area contributed by atoms with Crippen LogP contribution < -0.4 is 16.7 Å². The van der Waals surface area contributed by atoms with Crippen molar-refractivity contribution in [1.29, 1.82) is 0 Å². The first-order valence-corrected chi connectivity index (χ1v) is 5.13. The Balaban J connectivity index is -0.0000000404. The Hall–Kier alpha value is -0.200. The minimum absolute atomic E-state index is 0. The third-order valence-corrected chi connectivity index (χ3v) is 1.09. The molecule has 5 nitrogen and oxygen atoms in total. The Bertz CT molecular complexity index is 79.8. The van der Waals surface area contributed by atoms with E-state index in [0.717, 1.165) is 6.42 Å². The molecule has 0 radical (unpaired) electrons. The molecule has 94 valence electrons. The molecule has 0 saturated heterocycles. The molecule has 6 N–H and O–H groups in total. The molecule has 5 heteroatoms. The van der Waals surface area contributed by atoms with Crippen LogP contribution in [0.4, 0.5) is 0 Å². The lowest BCUT2D eigenvalue weighted by Gasteiger charge is -1.99. The first-order valence-electron chi connectivity index (χ1n) is 5.13. The number of hydrogen-bond donors (Lipinski definition) is 5. The van der Waals surface area contributed by atoms with Gasteiger partial charge in [-0.25, -0.2) is 11.0 Å². The quantitative estimate of drug-likeness (QED) is 0.446. The predicted octanol–water partition coefficient (Wildman–Crippen LogP) is 1.45. The summed E-state index contributed by atoms with van der Waals surface area (Å²) in [4.78, 5) is 0. The Morgan fingerprint density at radius 1 is 1.14 bits per heavy atom. The Morgan fingerprint density at radius 3 is 1.64 bits per heavy atom. The highest BCUT2D eigenvalue weighted by atomic mass is 16.5. The number of nitrogens with one attached hydrogen (secondary N) is 2. The fourth-order valence-electron chi connectivity index (χ4n) is 0.418. The van der Waals surface area contributed by atoms with Gasteiger partial charge in [0, 0.05) is 22.5 Å². The predicted molar refractivity (Wildman–Crippen MR) is 63.7 cm³/mol. The van der Waals surface area contributed by atoms with Crippen LogP contribution in [0.25, 0.3) is 0 Å². The highest BCUT2D eigenvalue weighted by Crippen LogP contribution is 1.94. The van der Waals surface area contributed by atoms with Crippen molar-refractivity contribution in [2.24, 2.45) is 11.7 Å². The molecule has 0 rings (SSSR count). The van der Waals surface area contributed by atoms with Gasteiger partial charge in [0.25, 0.3) is 0 Å². The molecule has 0 saturated carbocycles. The van der Waals surface area contributed by atoms with E-state index in [9.17, 15) is 0 Å². The molecular formula is C9H31N3O2. The van der Waals surface area contributed by atoms with E-state index in [0.29, 0.717) is 25.6 Å². The molecule has 0 fully saturated rings. The van der Waals surface area contributed by atoms with Gasteiger partial charge in [0.05, 0.1) is 0 Å². The summed E-state index contributed by atoms with van der Waals surface area (Å²) < 4.78 is 0. The summed E-state index contributed by atoms with van der Waals surface area (Å²) in [5.74, 6) is 0.680. The maximum atomic E-state index is 8.07. The van der Waals surface area contributed by atoms with E-state index < -0.39 is 0 Å². The van der Waals surface area contributed by atoms with Crippen LogP contribution in [0.2, 0.25) is 0 Å². The lowest BCUT2D eigenvalue weighted by Crippen LogP contribution is -2.17. The molecule has 0 aromatic rings. The third-order valence-electron chi connectivity index (χ3n) is 1.09. The van der Waals surface area contributed by atoms with E-state index in [2.05, 4.69) is 19.3 Å². The van der Waals surface area contributed by atoms with Gasteiger partial charge in [0.1, 0.15) is 0 Å². The number of nitrogens with two attached hydrogens (primary N) is 1. The first-order chi connectivity index (χ1) is 6.68. The highest BCUT2D eigenvalue weighted by Gasteiger charge is 1.88. The lowest BCUT2D eigenvalue weighted by atomic mass is 10.1. The molecule has 0 aromatic heterocycles. The van der Waals surface area contributed by atoms with Crippen LogP contribution in [0.15, 0.2) is 0 Å². The SMILES string of the molecule is CC.CC(C)CCNO.NCCNO.[HH].[HH]. The zero-order valence-electron chi connectivity index (χ0n) is 9.88. The summed E-state index contributed by atoms with van der Waals surface area (Å²) in [6, 6.07) is 0. The van der Waals surface area contributed by atoms with Gasteiger partial charge in [-0.05, 0) is 12.3 Å². The minimum Gasteiger partial charge on any atom is -0.329 e. The summed E-state index contributed by atoms with van der Waals surface area (Å²) >= 11 is 0. The molecule has 0 atom stereocenters. The van der Waals surface area contributed by atoms with E-state index in [1.807, 2.05) is 19.3 Å². The first kappa shape index (κ1) is 19.4. The van der Waals surface area contributed by atoms with E-state index in [-0.39, 0.29) is 2.85 Å². The van der Waals surface area contributed by atoms with Gasteiger partial charge >= 0.3 is 0 Å². The molecule has 0 aliphatic heterocycles. The summed E-state index contributed by atoms with van der Waals surface area (Å²) in [6.45, 7) is 9.91. The Kier molecular flexibility index (Phi) is 31.9. The molecule has 0 aliphatic rings. The highest BCUT2D eigenvalue weighted by molar-refractivity contribution is 4.42. The number of rotatable bonds is 5. The summed E-state index contributed by atoms with van der Waals surface area (Å²) in [6.07, 6.45) is 1.04. The standard InChI is InChI=1S/C5H13NO.C2H8N2O.C2H6.2H2/c1-5(2)3-4-6-7;3-1-2-4-5;1-2;;/h5-7H,3-4H2,1-2H3;4-5H,1-3H2;1-2H3;2*1H. The average Bonchev–Trinajstić information content (AvgIpc) is 2.20. The van der Waals surface area contributed by atoms with Crippen LogP contribution in [-0.4, -0.2) is 30.0 Å². The van der Waals surface area contributed by atoms with Gasteiger partial charge in [-0.2, -0.15) is 0 Å². The van der Waals surface area contributed by atoms with Crippen LogP contribution in [0.3, 0.4) is 0 Å². The topological polar surface area (TPSA) is 90.5 Å². The fraction of sp³-hybridized carbons (Fsp3) is 1.00. The van der Waals surface area contributed by atoms with Crippen LogP contribution >= 0.6 is 0 Å². The van der Waals surface area contributed by atoms with E-state index >= 15 is 0 Å². The van der Waals surface area contributed by atoms with Gasteiger partial charge in [0.15, 0.2) is 0 Å². The largest absolute Gasteiger partial charge is 0.329 e. The van der Waals surface area contributed by atoms with E-state index in [4.69, 9.17) is 16.1 Å². The molecule has 14 heavy (non-hydrogen) atoms. The zero-order chi connectivity index (χ0) is 11.8. The minimum atomic E-state index is 0.